The fourth-order valence-corrected chi connectivity index (χ4v) is 1.64. The predicted octanol–water partition coefficient (Wildman–Crippen LogP) is 1.52. The van der Waals surface area contributed by atoms with E-state index < -0.39 is 30.1 Å². The minimum Gasteiger partial charge on any atom is -0.331 e. The van der Waals surface area contributed by atoms with Crippen LogP contribution in [0.15, 0.2) is 0 Å². The highest BCUT2D eigenvalue weighted by molar-refractivity contribution is 5.86. The molecule has 0 atom stereocenters. The molecule has 1 fully saturated rings. The molecule has 16 heavy (non-hydrogen) atoms. The van der Waals surface area contributed by atoms with Crippen molar-refractivity contribution in [3.05, 3.63) is 0 Å². The zero-order valence-electron chi connectivity index (χ0n) is 9.47. The molecule has 1 aliphatic carbocycles. The predicted molar refractivity (Wildman–Crippen MR) is 53.6 cm³/mol. The molecule has 0 aromatic heterocycles. The van der Waals surface area contributed by atoms with Gasteiger partial charge >= 0.3 is 6.18 Å². The highest BCUT2D eigenvalue weighted by Crippen LogP contribution is 2.46. The maximum absolute atomic E-state index is 12.3. The average Bonchev–Trinajstić information content (AvgIpc) is 2.92. The molecule has 1 rings (SSSR count). The first-order valence-electron chi connectivity index (χ1n) is 5.30. The third-order valence-electron chi connectivity index (χ3n) is 2.93. The summed E-state index contributed by atoms with van der Waals surface area (Å²) in [6.45, 7) is 2.10. The number of nitrogens with zero attached hydrogens (tertiary/aromatic N) is 1. The van der Waals surface area contributed by atoms with Crippen molar-refractivity contribution in [3.8, 4) is 0 Å². The Balaban J connectivity index is 2.75. The molecule has 0 spiro atoms. The summed E-state index contributed by atoms with van der Waals surface area (Å²) in [5, 5.41) is 0. The third-order valence-corrected chi connectivity index (χ3v) is 2.93. The van der Waals surface area contributed by atoms with E-state index in [1.807, 2.05) is 0 Å². The van der Waals surface area contributed by atoms with Crippen LogP contribution in [-0.4, -0.2) is 36.1 Å². The molecule has 94 valence electrons. The number of rotatable bonds is 4. The number of nitrogens with two attached hydrogens (primary N) is 1. The van der Waals surface area contributed by atoms with E-state index in [-0.39, 0.29) is 6.54 Å². The Bertz CT molecular complexity index is 272. The van der Waals surface area contributed by atoms with Crippen LogP contribution < -0.4 is 5.73 Å². The van der Waals surface area contributed by atoms with Gasteiger partial charge in [0.15, 0.2) is 0 Å². The topological polar surface area (TPSA) is 46.3 Å². The summed E-state index contributed by atoms with van der Waals surface area (Å²) in [5.41, 5.74) is 4.73. The van der Waals surface area contributed by atoms with Crippen molar-refractivity contribution in [2.45, 2.75) is 38.9 Å². The van der Waals surface area contributed by atoms with Gasteiger partial charge in [0.2, 0.25) is 5.91 Å². The first-order chi connectivity index (χ1) is 7.22. The lowest BCUT2D eigenvalue weighted by Crippen LogP contribution is -2.48. The number of hydrogen-bond acceptors (Lipinski definition) is 2. The van der Waals surface area contributed by atoms with Crippen LogP contribution in [0.1, 0.15) is 26.7 Å². The Hall–Kier alpha value is -0.780. The van der Waals surface area contributed by atoms with Crippen molar-refractivity contribution in [3.63, 3.8) is 0 Å². The molecule has 1 saturated carbocycles. The van der Waals surface area contributed by atoms with E-state index in [0.29, 0.717) is 12.8 Å². The van der Waals surface area contributed by atoms with Crippen molar-refractivity contribution >= 4 is 5.91 Å². The second kappa shape index (κ2) is 4.24. The van der Waals surface area contributed by atoms with Gasteiger partial charge in [-0.1, -0.05) is 0 Å². The van der Waals surface area contributed by atoms with Crippen molar-refractivity contribution in [1.29, 1.82) is 0 Å². The molecule has 0 heterocycles. The molecule has 6 heteroatoms. The number of carbonyl (C=O) groups excluding carboxylic acids is 1. The van der Waals surface area contributed by atoms with Gasteiger partial charge in [0, 0.05) is 12.6 Å². The minimum atomic E-state index is -4.36. The van der Waals surface area contributed by atoms with Gasteiger partial charge in [0.25, 0.3) is 0 Å². The van der Waals surface area contributed by atoms with Gasteiger partial charge < -0.3 is 10.6 Å². The van der Waals surface area contributed by atoms with E-state index in [9.17, 15) is 18.0 Å². The van der Waals surface area contributed by atoms with Crippen molar-refractivity contribution in [2.24, 2.45) is 11.1 Å². The standard InChI is InChI=1S/C10H17F3N2O/c1-7(2)15(6-10(11,12)13)8(16)9(5-14)3-4-9/h7H,3-6,14H2,1-2H3. The normalized spacial score (nSPS) is 18.7. The Morgan fingerprint density at radius 3 is 2.19 bits per heavy atom. The second-order valence-electron chi connectivity index (χ2n) is 4.63. The Labute approximate surface area is 92.8 Å². The van der Waals surface area contributed by atoms with Gasteiger partial charge in [-0.05, 0) is 26.7 Å². The monoisotopic (exact) mass is 238 g/mol. The first kappa shape index (κ1) is 13.3. The number of alkyl halides is 3. The van der Waals surface area contributed by atoms with Crippen LogP contribution in [-0.2, 0) is 4.79 Å². The second-order valence-corrected chi connectivity index (χ2v) is 4.63. The number of amides is 1. The molecular formula is C10H17F3N2O. The lowest BCUT2D eigenvalue weighted by Gasteiger charge is -2.31. The SMILES string of the molecule is CC(C)N(CC(F)(F)F)C(=O)C1(CN)CC1. The van der Waals surface area contributed by atoms with E-state index in [0.717, 1.165) is 4.90 Å². The Morgan fingerprint density at radius 2 is 1.94 bits per heavy atom. The van der Waals surface area contributed by atoms with Crippen LogP contribution in [0, 0.1) is 5.41 Å². The molecule has 0 unspecified atom stereocenters. The van der Waals surface area contributed by atoms with Gasteiger partial charge in [-0.25, -0.2) is 0 Å². The summed E-state index contributed by atoms with van der Waals surface area (Å²) >= 11 is 0. The maximum Gasteiger partial charge on any atom is 0.406 e. The molecule has 0 aromatic carbocycles. The molecule has 2 N–H and O–H groups in total. The molecule has 0 bridgehead atoms. The first-order valence-corrected chi connectivity index (χ1v) is 5.30. The number of hydrogen-bond donors (Lipinski definition) is 1. The lowest BCUT2D eigenvalue weighted by molar-refractivity contribution is -0.167. The molecule has 1 amide bonds. The summed E-state index contributed by atoms with van der Waals surface area (Å²) in [4.78, 5) is 12.8. The van der Waals surface area contributed by atoms with Gasteiger partial charge in [-0.3, -0.25) is 4.79 Å². The minimum absolute atomic E-state index is 0.132. The maximum atomic E-state index is 12.3. The fourth-order valence-electron chi connectivity index (χ4n) is 1.64. The van der Waals surface area contributed by atoms with Crippen LogP contribution in [0.3, 0.4) is 0 Å². The fraction of sp³-hybridized carbons (Fsp3) is 0.900. The molecule has 0 aliphatic heterocycles. The summed E-state index contributed by atoms with van der Waals surface area (Å²) in [6, 6.07) is -0.460. The van der Waals surface area contributed by atoms with Crippen LogP contribution >= 0.6 is 0 Å². The van der Waals surface area contributed by atoms with E-state index in [1.54, 1.807) is 13.8 Å². The van der Waals surface area contributed by atoms with Gasteiger partial charge in [0.1, 0.15) is 6.54 Å². The number of halogens is 3. The summed E-state index contributed by atoms with van der Waals surface area (Å²) < 4.78 is 36.9. The van der Waals surface area contributed by atoms with E-state index in [1.165, 1.54) is 0 Å². The number of carbonyl (C=O) groups is 1. The Kier molecular flexibility index (Phi) is 3.52. The van der Waals surface area contributed by atoms with E-state index >= 15 is 0 Å². The molecule has 0 saturated heterocycles. The van der Waals surface area contributed by atoms with Gasteiger partial charge in [-0.2, -0.15) is 13.2 Å². The largest absolute Gasteiger partial charge is 0.406 e. The molecule has 0 radical (unpaired) electrons. The van der Waals surface area contributed by atoms with Crippen molar-refractivity contribution < 1.29 is 18.0 Å². The van der Waals surface area contributed by atoms with Gasteiger partial charge in [0.05, 0.1) is 5.41 Å². The molecular weight excluding hydrogens is 221 g/mol. The third kappa shape index (κ3) is 2.87. The molecule has 3 nitrogen and oxygen atoms in total. The summed E-state index contributed by atoms with van der Waals surface area (Å²) in [7, 11) is 0. The summed E-state index contributed by atoms with van der Waals surface area (Å²) in [5.74, 6) is -0.456. The van der Waals surface area contributed by atoms with Crippen molar-refractivity contribution in [2.75, 3.05) is 13.1 Å². The highest BCUT2D eigenvalue weighted by Gasteiger charge is 2.52. The molecule has 0 aromatic rings. The zero-order valence-corrected chi connectivity index (χ0v) is 9.47. The van der Waals surface area contributed by atoms with E-state index in [4.69, 9.17) is 5.73 Å². The summed E-state index contributed by atoms with van der Waals surface area (Å²) in [6.07, 6.45) is -3.16. The van der Waals surface area contributed by atoms with Gasteiger partial charge in [-0.15, -0.1) is 0 Å². The smallest absolute Gasteiger partial charge is 0.331 e. The van der Waals surface area contributed by atoms with Crippen LogP contribution in [0.5, 0.6) is 0 Å². The van der Waals surface area contributed by atoms with E-state index in [2.05, 4.69) is 0 Å². The van der Waals surface area contributed by atoms with Crippen LogP contribution in [0.4, 0.5) is 13.2 Å². The van der Waals surface area contributed by atoms with Crippen LogP contribution in [0.25, 0.3) is 0 Å². The quantitative estimate of drug-likeness (QED) is 0.807. The van der Waals surface area contributed by atoms with Crippen molar-refractivity contribution in [1.82, 2.24) is 4.90 Å². The Morgan fingerprint density at radius 1 is 1.44 bits per heavy atom. The lowest BCUT2D eigenvalue weighted by atomic mass is 10.0. The highest BCUT2D eigenvalue weighted by atomic mass is 19.4. The molecule has 1 aliphatic rings. The average molecular weight is 238 g/mol. The van der Waals surface area contributed by atoms with Crippen LogP contribution in [0.2, 0.25) is 0 Å². The zero-order chi connectivity index (χ0) is 12.6.